The van der Waals surface area contributed by atoms with Gasteiger partial charge in [0.1, 0.15) is 0 Å². The molecule has 1 aliphatic rings. The summed E-state index contributed by atoms with van der Waals surface area (Å²) < 4.78 is 5.02. The van der Waals surface area contributed by atoms with Gasteiger partial charge in [-0.1, -0.05) is 48.5 Å². The van der Waals surface area contributed by atoms with Gasteiger partial charge in [0.05, 0.1) is 23.7 Å². The van der Waals surface area contributed by atoms with Crippen molar-refractivity contribution >= 4 is 17.3 Å². The molecule has 0 bridgehead atoms. The van der Waals surface area contributed by atoms with E-state index < -0.39 is 10.8 Å². The third kappa shape index (κ3) is 3.30. The van der Waals surface area contributed by atoms with E-state index in [4.69, 9.17) is 4.74 Å². The van der Waals surface area contributed by atoms with Crippen LogP contribution in [0.2, 0.25) is 0 Å². The van der Waals surface area contributed by atoms with E-state index in [-0.39, 0.29) is 17.3 Å². The van der Waals surface area contributed by atoms with Crippen molar-refractivity contribution in [3.05, 3.63) is 93.5 Å². The van der Waals surface area contributed by atoms with Crippen LogP contribution in [0.3, 0.4) is 0 Å². The molecule has 1 aliphatic carbocycles. The zero-order chi connectivity index (χ0) is 21.3. The number of hydrazone groups is 1. The van der Waals surface area contributed by atoms with Gasteiger partial charge in [0, 0.05) is 11.6 Å². The minimum Gasteiger partial charge on any atom is -0.490 e. The van der Waals surface area contributed by atoms with Crippen molar-refractivity contribution < 1.29 is 14.5 Å². The SMILES string of the molecule is COc1ccc(C(C)=NNC(=O)C2c3ccccc3-c3ccccc32)cc1[N+](=O)[O-]. The number of nitrogens with one attached hydrogen (secondary N) is 1. The van der Waals surface area contributed by atoms with Crippen LogP contribution in [0.15, 0.2) is 71.8 Å². The molecule has 0 atom stereocenters. The van der Waals surface area contributed by atoms with E-state index in [2.05, 4.69) is 10.5 Å². The molecule has 0 fully saturated rings. The Hall–Kier alpha value is -4.00. The maximum atomic E-state index is 13.0. The maximum absolute atomic E-state index is 13.0. The highest BCUT2D eigenvalue weighted by molar-refractivity contribution is 6.01. The number of ether oxygens (including phenoxy) is 1. The Balaban J connectivity index is 1.61. The molecule has 30 heavy (non-hydrogen) atoms. The molecule has 7 nitrogen and oxygen atoms in total. The standard InChI is InChI=1S/C23H19N3O4/c1-14(15-11-12-21(30-2)20(13-15)26(28)29)24-25-23(27)22-18-9-5-3-7-16(18)17-8-4-6-10-19(17)22/h3-13,22H,1-2H3,(H,25,27). The molecule has 1 amide bonds. The fourth-order valence-electron chi connectivity index (χ4n) is 3.76. The average Bonchev–Trinajstić information content (AvgIpc) is 3.11. The molecule has 0 saturated heterocycles. The number of nitrogens with zero attached hydrogens (tertiary/aromatic N) is 2. The van der Waals surface area contributed by atoms with Gasteiger partial charge in [-0.25, -0.2) is 5.43 Å². The summed E-state index contributed by atoms with van der Waals surface area (Å²) in [5.41, 5.74) is 7.40. The number of fused-ring (bicyclic) bond motifs is 3. The third-order valence-corrected chi connectivity index (χ3v) is 5.22. The molecule has 0 spiro atoms. The minimum atomic E-state index is -0.513. The number of hydrogen-bond acceptors (Lipinski definition) is 5. The normalized spacial score (nSPS) is 12.8. The number of nitro groups is 1. The van der Waals surface area contributed by atoms with Gasteiger partial charge >= 0.3 is 5.69 Å². The quantitative estimate of drug-likeness (QED) is 0.393. The minimum absolute atomic E-state index is 0.158. The van der Waals surface area contributed by atoms with Crippen molar-refractivity contribution in [2.24, 2.45) is 5.10 Å². The molecular weight excluding hydrogens is 382 g/mol. The van der Waals surface area contributed by atoms with Crippen LogP contribution in [0, 0.1) is 10.1 Å². The second kappa shape index (κ2) is 7.79. The number of amides is 1. The van der Waals surface area contributed by atoms with Gasteiger partial charge < -0.3 is 4.74 Å². The summed E-state index contributed by atoms with van der Waals surface area (Å²) >= 11 is 0. The second-order valence-corrected chi connectivity index (χ2v) is 6.92. The summed E-state index contributed by atoms with van der Waals surface area (Å²) in [6, 6.07) is 20.2. The average molecular weight is 401 g/mol. The van der Waals surface area contributed by atoms with Crippen LogP contribution in [0.5, 0.6) is 5.75 Å². The van der Waals surface area contributed by atoms with Gasteiger partial charge in [-0.2, -0.15) is 5.10 Å². The summed E-state index contributed by atoms with van der Waals surface area (Å²) in [4.78, 5) is 23.8. The van der Waals surface area contributed by atoms with Crippen molar-refractivity contribution in [1.29, 1.82) is 0 Å². The number of carbonyl (C=O) groups is 1. The lowest BCUT2D eigenvalue weighted by Gasteiger charge is -2.12. The molecule has 1 N–H and O–H groups in total. The molecule has 0 heterocycles. The Bertz CT molecular complexity index is 1140. The lowest BCUT2D eigenvalue weighted by molar-refractivity contribution is -0.385. The summed E-state index contributed by atoms with van der Waals surface area (Å²) in [6.45, 7) is 1.68. The number of carbonyl (C=O) groups excluding carboxylic acids is 1. The van der Waals surface area contributed by atoms with E-state index in [1.54, 1.807) is 13.0 Å². The van der Waals surface area contributed by atoms with Gasteiger partial charge in [-0.3, -0.25) is 14.9 Å². The molecule has 0 radical (unpaired) electrons. The van der Waals surface area contributed by atoms with Gasteiger partial charge in [-0.05, 0) is 41.3 Å². The Morgan fingerprint density at radius 2 is 1.63 bits per heavy atom. The Kier molecular flexibility index (Phi) is 5.02. The van der Waals surface area contributed by atoms with Crippen LogP contribution in [-0.2, 0) is 4.79 Å². The Morgan fingerprint density at radius 1 is 1.03 bits per heavy atom. The zero-order valence-electron chi connectivity index (χ0n) is 16.5. The highest BCUT2D eigenvalue weighted by atomic mass is 16.6. The zero-order valence-corrected chi connectivity index (χ0v) is 16.5. The number of nitro benzene ring substituents is 1. The first-order valence-corrected chi connectivity index (χ1v) is 9.36. The van der Waals surface area contributed by atoms with Crippen LogP contribution in [0.4, 0.5) is 5.69 Å². The van der Waals surface area contributed by atoms with Crippen molar-refractivity contribution in [2.45, 2.75) is 12.8 Å². The number of hydrogen-bond donors (Lipinski definition) is 1. The molecule has 4 rings (SSSR count). The van der Waals surface area contributed by atoms with Crippen molar-refractivity contribution in [1.82, 2.24) is 5.43 Å². The van der Waals surface area contributed by atoms with Gasteiger partial charge in [-0.15, -0.1) is 0 Å². The number of rotatable bonds is 5. The van der Waals surface area contributed by atoms with Crippen LogP contribution < -0.4 is 10.2 Å². The summed E-state index contributed by atoms with van der Waals surface area (Å²) in [7, 11) is 1.38. The van der Waals surface area contributed by atoms with E-state index in [0.29, 0.717) is 11.3 Å². The first-order chi connectivity index (χ1) is 14.5. The van der Waals surface area contributed by atoms with Crippen LogP contribution in [0.25, 0.3) is 11.1 Å². The highest BCUT2D eigenvalue weighted by Crippen LogP contribution is 2.44. The smallest absolute Gasteiger partial charge is 0.311 e. The van der Waals surface area contributed by atoms with Gasteiger partial charge in [0.2, 0.25) is 0 Å². The van der Waals surface area contributed by atoms with Crippen molar-refractivity contribution in [3.63, 3.8) is 0 Å². The maximum Gasteiger partial charge on any atom is 0.311 e. The topological polar surface area (TPSA) is 93.8 Å². The largest absolute Gasteiger partial charge is 0.490 e. The molecule has 150 valence electrons. The lowest BCUT2D eigenvalue weighted by Crippen LogP contribution is -2.26. The van der Waals surface area contributed by atoms with Gasteiger partial charge in [0.15, 0.2) is 5.75 Å². The number of benzene rings is 3. The summed E-state index contributed by atoms with van der Waals surface area (Å²) in [6.07, 6.45) is 0. The molecule has 0 unspecified atom stereocenters. The molecule has 0 aliphatic heterocycles. The van der Waals surface area contributed by atoms with E-state index in [1.165, 1.54) is 19.2 Å². The first-order valence-electron chi connectivity index (χ1n) is 9.36. The summed E-state index contributed by atoms with van der Waals surface area (Å²) in [5, 5.41) is 15.4. The van der Waals surface area contributed by atoms with Crippen molar-refractivity contribution in [2.75, 3.05) is 7.11 Å². The Morgan fingerprint density at radius 3 is 2.20 bits per heavy atom. The van der Waals surface area contributed by atoms with Gasteiger partial charge in [0.25, 0.3) is 5.91 Å². The monoisotopic (exact) mass is 401 g/mol. The Labute approximate surface area is 173 Å². The van der Waals surface area contributed by atoms with Crippen LogP contribution in [0.1, 0.15) is 29.5 Å². The van der Waals surface area contributed by atoms with E-state index in [1.807, 2.05) is 48.5 Å². The molecule has 0 aromatic heterocycles. The van der Waals surface area contributed by atoms with E-state index >= 15 is 0 Å². The fourth-order valence-corrected chi connectivity index (χ4v) is 3.76. The fraction of sp³-hybridized carbons (Fsp3) is 0.130. The lowest BCUT2D eigenvalue weighted by atomic mass is 9.96. The first kappa shape index (κ1) is 19.3. The van der Waals surface area contributed by atoms with E-state index in [9.17, 15) is 14.9 Å². The third-order valence-electron chi connectivity index (χ3n) is 5.22. The van der Waals surface area contributed by atoms with Crippen LogP contribution >= 0.6 is 0 Å². The van der Waals surface area contributed by atoms with Crippen LogP contribution in [-0.4, -0.2) is 23.7 Å². The molecule has 7 heteroatoms. The molecule has 0 saturated carbocycles. The van der Waals surface area contributed by atoms with Crippen molar-refractivity contribution in [3.8, 4) is 16.9 Å². The predicted octanol–water partition coefficient (Wildman–Crippen LogP) is 4.26. The van der Waals surface area contributed by atoms with E-state index in [0.717, 1.165) is 22.3 Å². The number of methoxy groups -OCH3 is 1. The predicted molar refractivity (Wildman–Crippen MR) is 114 cm³/mol. The highest BCUT2D eigenvalue weighted by Gasteiger charge is 2.33. The summed E-state index contributed by atoms with van der Waals surface area (Å²) in [5.74, 6) is -0.548. The second-order valence-electron chi connectivity index (χ2n) is 6.92. The molecule has 3 aromatic carbocycles. The molecular formula is C23H19N3O4. The molecule has 3 aromatic rings.